The van der Waals surface area contributed by atoms with Gasteiger partial charge in [0, 0.05) is 29.8 Å². The number of fused-ring (bicyclic) bond motifs is 3. The van der Waals surface area contributed by atoms with Crippen LogP contribution in [0.5, 0.6) is 0 Å². The zero-order chi connectivity index (χ0) is 15.6. The minimum atomic E-state index is -4.16. The molecule has 0 spiro atoms. The lowest BCUT2D eigenvalue weighted by molar-refractivity contribution is 0.0689. The molecule has 21 heavy (non-hydrogen) atoms. The number of hydrogen-bond acceptors (Lipinski definition) is 4. The lowest BCUT2D eigenvalue weighted by Crippen LogP contribution is -2.16. The largest absolute Gasteiger partial charge is 0.476 e. The molecule has 0 amide bonds. The molecule has 1 aromatic carbocycles. The molecule has 1 aliphatic heterocycles. The second-order valence-corrected chi connectivity index (χ2v) is 8.67. The van der Waals surface area contributed by atoms with E-state index in [4.69, 9.17) is 0 Å². The number of rotatable bonds is 1. The van der Waals surface area contributed by atoms with Crippen LogP contribution in [0, 0.1) is 5.82 Å². The number of carboxylic acid groups (broad SMARTS) is 1. The van der Waals surface area contributed by atoms with Gasteiger partial charge in [0.15, 0.2) is 5.69 Å². The molecule has 0 saturated carbocycles. The number of hydrogen-bond donors (Lipinski definition) is 3. The minimum Gasteiger partial charge on any atom is -0.476 e. The van der Waals surface area contributed by atoms with Crippen molar-refractivity contribution in [3.63, 3.8) is 0 Å². The Bertz CT molecular complexity index is 868. The van der Waals surface area contributed by atoms with Crippen LogP contribution in [0.15, 0.2) is 23.1 Å². The first-order valence-corrected chi connectivity index (χ1v) is 8.38. The summed E-state index contributed by atoms with van der Waals surface area (Å²) in [6, 6.07) is 3.59. The molecule has 6 nitrogen and oxygen atoms in total. The smallest absolute Gasteiger partial charge is 0.357 e. The van der Waals surface area contributed by atoms with E-state index < -0.39 is 21.1 Å². The average Bonchev–Trinajstić information content (AvgIpc) is 2.63. The second-order valence-electron chi connectivity index (χ2n) is 5.20. The normalized spacial score (nSPS) is 19.6. The Hall–Kier alpha value is -2.03. The highest BCUT2D eigenvalue weighted by molar-refractivity contribution is 8.38. The van der Waals surface area contributed by atoms with Gasteiger partial charge in [-0.1, -0.05) is 0 Å². The van der Waals surface area contributed by atoms with Gasteiger partial charge in [-0.2, -0.15) is 5.10 Å². The van der Waals surface area contributed by atoms with Crippen molar-refractivity contribution in [2.45, 2.75) is 4.90 Å². The molecule has 0 saturated heterocycles. The van der Waals surface area contributed by atoms with E-state index in [1.165, 1.54) is 24.1 Å². The fourth-order valence-corrected chi connectivity index (χ4v) is 4.62. The van der Waals surface area contributed by atoms with Gasteiger partial charge in [-0.3, -0.25) is 4.68 Å². The number of carboxylic acids is 1. The van der Waals surface area contributed by atoms with E-state index in [1.54, 1.807) is 0 Å². The Morgan fingerprint density at radius 3 is 2.67 bits per heavy atom. The van der Waals surface area contributed by atoms with Crippen molar-refractivity contribution in [1.82, 2.24) is 9.78 Å². The second kappa shape index (κ2) is 3.79. The molecule has 8 heteroatoms. The first-order chi connectivity index (χ1) is 9.58. The van der Waals surface area contributed by atoms with Crippen LogP contribution < -0.4 is 0 Å². The van der Waals surface area contributed by atoms with Crippen LogP contribution in [0.1, 0.15) is 16.1 Å². The maximum Gasteiger partial charge on any atom is 0.357 e. The van der Waals surface area contributed by atoms with Gasteiger partial charge in [0.2, 0.25) is 0 Å². The molecular formula is C13H13FN2O4S. The molecule has 0 aliphatic carbocycles. The SMILES string of the molecule is Cn1nc(C(=O)O)c2c1-c1cc(F)ccc1S(C)(O)(O)=C2. The number of aryl methyl sites for hydroxylation is 1. The molecule has 2 heterocycles. The van der Waals surface area contributed by atoms with Crippen molar-refractivity contribution in [3.8, 4) is 11.3 Å². The molecule has 1 aromatic heterocycles. The highest BCUT2D eigenvalue weighted by Gasteiger charge is 2.34. The molecular weight excluding hydrogens is 299 g/mol. The van der Waals surface area contributed by atoms with Crippen LogP contribution >= 0.6 is 9.31 Å². The number of benzene rings is 1. The maximum absolute atomic E-state index is 13.6. The third kappa shape index (κ3) is 1.91. The predicted octanol–water partition coefficient (Wildman–Crippen LogP) is 2.36. The fourth-order valence-electron chi connectivity index (χ4n) is 2.60. The molecule has 0 unspecified atom stereocenters. The van der Waals surface area contributed by atoms with Crippen LogP contribution in [0.3, 0.4) is 0 Å². The van der Waals surface area contributed by atoms with Gasteiger partial charge in [0.1, 0.15) is 5.82 Å². The molecule has 3 rings (SSSR count). The number of nitrogens with zero attached hydrogens (tertiary/aromatic N) is 2. The van der Waals surface area contributed by atoms with Crippen molar-refractivity contribution in [3.05, 3.63) is 35.3 Å². The molecule has 0 atom stereocenters. The molecule has 3 N–H and O–H groups in total. The van der Waals surface area contributed by atoms with Crippen LogP contribution in [-0.4, -0.2) is 41.6 Å². The summed E-state index contributed by atoms with van der Waals surface area (Å²) in [7, 11) is -2.64. The predicted molar refractivity (Wildman–Crippen MR) is 77.8 cm³/mol. The Morgan fingerprint density at radius 1 is 1.38 bits per heavy atom. The summed E-state index contributed by atoms with van der Waals surface area (Å²) < 4.78 is 36.1. The maximum atomic E-state index is 13.6. The number of halogens is 1. The summed E-state index contributed by atoms with van der Waals surface area (Å²) in [6.07, 6.45) is 1.22. The van der Waals surface area contributed by atoms with Gasteiger partial charge >= 0.3 is 5.97 Å². The zero-order valence-electron chi connectivity index (χ0n) is 11.2. The first-order valence-electron chi connectivity index (χ1n) is 5.95. The third-order valence-electron chi connectivity index (χ3n) is 3.43. The summed E-state index contributed by atoms with van der Waals surface area (Å²) in [6.45, 7) is 0. The van der Waals surface area contributed by atoms with Gasteiger partial charge in [-0.25, -0.2) is 18.5 Å². The Kier molecular flexibility index (Phi) is 2.51. The van der Waals surface area contributed by atoms with Gasteiger partial charge in [0.25, 0.3) is 0 Å². The lowest BCUT2D eigenvalue weighted by Gasteiger charge is -2.44. The number of carbonyl (C=O) groups is 1. The van der Waals surface area contributed by atoms with Crippen LogP contribution in [0.4, 0.5) is 4.39 Å². The first kappa shape index (κ1) is 13.9. The minimum absolute atomic E-state index is 0.0950. The molecule has 112 valence electrons. The van der Waals surface area contributed by atoms with E-state index in [0.717, 1.165) is 17.5 Å². The van der Waals surface area contributed by atoms with Crippen molar-refractivity contribution < 1.29 is 23.4 Å². The quantitative estimate of drug-likeness (QED) is 0.703. The van der Waals surface area contributed by atoms with E-state index in [-0.39, 0.29) is 21.7 Å². The van der Waals surface area contributed by atoms with Crippen LogP contribution in [0.2, 0.25) is 0 Å². The molecule has 0 bridgehead atoms. The van der Waals surface area contributed by atoms with Crippen LogP contribution in [0.25, 0.3) is 11.3 Å². The number of aromatic carboxylic acids is 1. The lowest BCUT2D eigenvalue weighted by atomic mass is 10.1. The Morgan fingerprint density at radius 2 is 2.05 bits per heavy atom. The van der Waals surface area contributed by atoms with Gasteiger partial charge in [0.05, 0.1) is 10.6 Å². The zero-order valence-corrected chi connectivity index (χ0v) is 12.1. The van der Waals surface area contributed by atoms with E-state index in [9.17, 15) is 23.4 Å². The fraction of sp³-hybridized carbons (Fsp3) is 0.154. The van der Waals surface area contributed by atoms with E-state index in [2.05, 4.69) is 5.10 Å². The van der Waals surface area contributed by atoms with Gasteiger partial charge in [-0.15, -0.1) is 0 Å². The summed E-state index contributed by atoms with van der Waals surface area (Å²) in [5, 5.41) is 14.2. The highest BCUT2D eigenvalue weighted by atomic mass is 32.3. The van der Waals surface area contributed by atoms with Gasteiger partial charge < -0.3 is 14.2 Å². The Labute approximate surface area is 119 Å². The highest BCUT2D eigenvalue weighted by Crippen LogP contribution is 2.61. The summed E-state index contributed by atoms with van der Waals surface area (Å²) in [5.41, 5.74) is 0.388. The average molecular weight is 312 g/mol. The standard InChI is InChI=1S/C13H13FN2O4S/c1-16-12-8-5-7(14)3-4-10(8)21(2,19,20)6-9(12)11(15-16)13(17)18/h3-6,19-20H,1-2H3,(H,17,18). The van der Waals surface area contributed by atoms with Crippen molar-refractivity contribution in [2.24, 2.45) is 7.05 Å². The molecule has 0 radical (unpaired) electrons. The van der Waals surface area contributed by atoms with Gasteiger partial charge in [-0.05, 0) is 18.2 Å². The topological polar surface area (TPSA) is 95.6 Å². The molecule has 1 aliphatic rings. The van der Waals surface area contributed by atoms with Crippen LogP contribution in [-0.2, 0) is 7.05 Å². The molecule has 0 fully saturated rings. The van der Waals surface area contributed by atoms with Crippen molar-refractivity contribution in [1.29, 1.82) is 0 Å². The van der Waals surface area contributed by atoms with E-state index >= 15 is 0 Å². The van der Waals surface area contributed by atoms with Crippen molar-refractivity contribution >= 4 is 20.6 Å². The third-order valence-corrected chi connectivity index (χ3v) is 5.67. The molecule has 2 aromatic rings. The monoisotopic (exact) mass is 312 g/mol. The number of aromatic nitrogens is 2. The van der Waals surface area contributed by atoms with Crippen molar-refractivity contribution in [2.75, 3.05) is 6.26 Å². The Balaban J connectivity index is 2.54. The van der Waals surface area contributed by atoms with E-state index in [0.29, 0.717) is 5.69 Å². The summed E-state index contributed by atoms with van der Waals surface area (Å²) >= 11 is 0. The summed E-state index contributed by atoms with van der Waals surface area (Å²) in [5.74, 6) is -1.84. The summed E-state index contributed by atoms with van der Waals surface area (Å²) in [4.78, 5) is 11.4. The van der Waals surface area contributed by atoms with E-state index in [1.807, 2.05) is 0 Å².